The number of ether oxygens (including phenoxy) is 1. The fourth-order valence-corrected chi connectivity index (χ4v) is 4.37. The largest absolute Gasteiger partial charge is 0.744 e. The van der Waals surface area contributed by atoms with Crippen LogP contribution in [-0.4, -0.2) is 19.6 Å². The van der Waals surface area contributed by atoms with E-state index in [1.807, 2.05) is 0 Å². The minimum atomic E-state index is -4.38. The molecule has 0 spiro atoms. The Kier molecular flexibility index (Phi) is 16.7. The van der Waals surface area contributed by atoms with Gasteiger partial charge < -0.3 is 9.29 Å². The zero-order valence-electron chi connectivity index (χ0n) is 19.8. The third-order valence-corrected chi connectivity index (χ3v) is 6.73. The van der Waals surface area contributed by atoms with E-state index in [9.17, 15) is 13.0 Å². The molecule has 4 nitrogen and oxygen atoms in total. The topological polar surface area (TPSA) is 66.4 Å². The zero-order chi connectivity index (χ0) is 22.6. The summed E-state index contributed by atoms with van der Waals surface area (Å²) in [6, 6.07) is 5.68. The van der Waals surface area contributed by atoms with Crippen LogP contribution in [-0.2, 0) is 10.1 Å². The van der Waals surface area contributed by atoms with E-state index < -0.39 is 10.1 Å². The molecule has 1 aromatic rings. The highest BCUT2D eigenvalue weighted by Crippen LogP contribution is 2.17. The zero-order valence-corrected chi connectivity index (χ0v) is 20.6. The van der Waals surface area contributed by atoms with Crippen molar-refractivity contribution < 1.29 is 17.7 Å². The predicted octanol–water partition coefficient (Wildman–Crippen LogP) is 8.01. The Morgan fingerprint density at radius 3 is 1.32 bits per heavy atom. The quantitative estimate of drug-likeness (QED) is 0.140. The highest BCUT2D eigenvalue weighted by atomic mass is 32.2. The van der Waals surface area contributed by atoms with Gasteiger partial charge in [-0.3, -0.25) is 0 Å². The Hall–Kier alpha value is -1.07. The van der Waals surface area contributed by atoms with Gasteiger partial charge >= 0.3 is 0 Å². The molecule has 0 N–H and O–H groups in total. The van der Waals surface area contributed by atoms with Gasteiger partial charge in [-0.1, -0.05) is 116 Å². The third-order valence-electron chi connectivity index (χ3n) is 5.88. The highest BCUT2D eigenvalue weighted by Gasteiger charge is 2.01. The summed E-state index contributed by atoms with van der Waals surface area (Å²) in [5, 5.41) is 0. The van der Waals surface area contributed by atoms with Gasteiger partial charge in [0, 0.05) is 0 Å². The lowest BCUT2D eigenvalue weighted by molar-refractivity contribution is 0.304. The van der Waals surface area contributed by atoms with E-state index in [0.717, 1.165) is 12.8 Å². The summed E-state index contributed by atoms with van der Waals surface area (Å²) in [4.78, 5) is -0.215. The Balaban J connectivity index is 1.80. The van der Waals surface area contributed by atoms with Crippen LogP contribution in [0.5, 0.6) is 5.75 Å². The number of rotatable bonds is 21. The molecule has 180 valence electrons. The van der Waals surface area contributed by atoms with E-state index in [2.05, 4.69) is 6.92 Å². The molecular formula is C26H45O4S-. The molecule has 0 aliphatic heterocycles. The number of hydrogen-bond donors (Lipinski definition) is 0. The second-order valence-electron chi connectivity index (χ2n) is 8.78. The lowest BCUT2D eigenvalue weighted by Gasteiger charge is -2.09. The minimum Gasteiger partial charge on any atom is -0.744 e. The lowest BCUT2D eigenvalue weighted by atomic mass is 10.0. The average Bonchev–Trinajstić information content (AvgIpc) is 2.75. The van der Waals surface area contributed by atoms with Crippen LogP contribution in [0.4, 0.5) is 0 Å². The number of benzene rings is 1. The fraction of sp³-hybridized carbons (Fsp3) is 0.769. The van der Waals surface area contributed by atoms with Gasteiger partial charge in [-0.2, -0.15) is 0 Å². The van der Waals surface area contributed by atoms with Crippen molar-refractivity contribution in [1.82, 2.24) is 0 Å². The van der Waals surface area contributed by atoms with E-state index in [1.54, 1.807) is 12.1 Å². The van der Waals surface area contributed by atoms with Crippen molar-refractivity contribution in [2.75, 3.05) is 6.61 Å². The molecule has 0 saturated heterocycles. The van der Waals surface area contributed by atoms with Crippen LogP contribution < -0.4 is 4.74 Å². The van der Waals surface area contributed by atoms with Crippen molar-refractivity contribution in [3.63, 3.8) is 0 Å². The molecule has 1 aromatic carbocycles. The minimum absolute atomic E-state index is 0.215. The van der Waals surface area contributed by atoms with E-state index in [4.69, 9.17) is 4.74 Å². The van der Waals surface area contributed by atoms with Gasteiger partial charge in [0.25, 0.3) is 0 Å². The van der Waals surface area contributed by atoms with Crippen LogP contribution in [0.25, 0.3) is 0 Å². The smallest absolute Gasteiger partial charge is 0.124 e. The first-order valence-corrected chi connectivity index (χ1v) is 14.1. The van der Waals surface area contributed by atoms with Crippen LogP contribution in [0.15, 0.2) is 29.2 Å². The molecule has 0 amide bonds. The molecule has 0 atom stereocenters. The van der Waals surface area contributed by atoms with Crippen molar-refractivity contribution in [3.8, 4) is 5.75 Å². The molecule has 0 bridgehead atoms. The monoisotopic (exact) mass is 453 g/mol. The van der Waals surface area contributed by atoms with E-state index in [-0.39, 0.29) is 4.90 Å². The Labute approximate surface area is 191 Å². The van der Waals surface area contributed by atoms with Crippen LogP contribution in [0.3, 0.4) is 0 Å². The van der Waals surface area contributed by atoms with Gasteiger partial charge in [0.15, 0.2) is 0 Å². The Morgan fingerprint density at radius 1 is 0.613 bits per heavy atom. The van der Waals surface area contributed by atoms with Crippen molar-refractivity contribution in [2.45, 2.75) is 127 Å². The summed E-state index contributed by atoms with van der Waals surface area (Å²) in [6.45, 7) is 2.90. The molecule has 0 unspecified atom stereocenters. The molecule has 0 heterocycles. The Bertz CT molecular complexity index is 625. The highest BCUT2D eigenvalue weighted by molar-refractivity contribution is 7.85. The van der Waals surface area contributed by atoms with Gasteiger partial charge in [-0.15, -0.1) is 0 Å². The molecule has 1 rings (SSSR count). The SMILES string of the molecule is CCCCCCCCCCCCCCCCCCCCOc1ccc(S(=O)(=O)[O-])cc1. The third kappa shape index (κ3) is 16.3. The number of unbranched alkanes of at least 4 members (excludes halogenated alkanes) is 17. The van der Waals surface area contributed by atoms with Crippen LogP contribution in [0.2, 0.25) is 0 Å². The van der Waals surface area contributed by atoms with Gasteiger partial charge in [0.1, 0.15) is 15.9 Å². The molecule has 5 heteroatoms. The van der Waals surface area contributed by atoms with Crippen molar-refractivity contribution in [1.29, 1.82) is 0 Å². The molecule has 0 saturated carbocycles. The van der Waals surface area contributed by atoms with E-state index in [1.165, 1.54) is 115 Å². The molecular weight excluding hydrogens is 408 g/mol. The number of hydrogen-bond acceptors (Lipinski definition) is 4. The molecule has 31 heavy (non-hydrogen) atoms. The molecule has 0 aliphatic carbocycles. The first-order valence-electron chi connectivity index (χ1n) is 12.7. The summed E-state index contributed by atoms with van der Waals surface area (Å²) in [5.74, 6) is 0.611. The molecule has 0 aromatic heterocycles. The fourth-order valence-electron chi connectivity index (χ4n) is 3.90. The average molecular weight is 454 g/mol. The lowest BCUT2D eigenvalue weighted by Crippen LogP contribution is -2.00. The first-order chi connectivity index (χ1) is 15.0. The van der Waals surface area contributed by atoms with Gasteiger partial charge in [0.05, 0.1) is 11.5 Å². The van der Waals surface area contributed by atoms with Crippen molar-refractivity contribution in [2.24, 2.45) is 0 Å². The summed E-state index contributed by atoms with van der Waals surface area (Å²) in [6.07, 6.45) is 24.4. The van der Waals surface area contributed by atoms with Gasteiger partial charge in [-0.25, -0.2) is 8.42 Å². The maximum atomic E-state index is 10.9. The van der Waals surface area contributed by atoms with E-state index in [0.29, 0.717) is 12.4 Å². The standard InChI is InChI=1S/C26H46O4S/c1-2-3-4-5-6-7-8-9-10-11-12-13-14-15-16-17-18-19-24-30-25-20-22-26(23-21-25)31(27,28)29/h20-23H,2-19,24H2,1H3,(H,27,28,29)/p-1. The predicted molar refractivity (Wildman–Crippen MR) is 129 cm³/mol. The van der Waals surface area contributed by atoms with Crippen molar-refractivity contribution in [3.05, 3.63) is 24.3 Å². The molecule has 0 radical (unpaired) electrons. The van der Waals surface area contributed by atoms with Crippen molar-refractivity contribution >= 4 is 10.1 Å². The Morgan fingerprint density at radius 2 is 0.968 bits per heavy atom. The van der Waals surface area contributed by atoms with Gasteiger partial charge in [0.2, 0.25) is 0 Å². The van der Waals surface area contributed by atoms with Crippen LogP contribution in [0, 0.1) is 0 Å². The molecule has 0 fully saturated rings. The summed E-state index contributed by atoms with van der Waals surface area (Å²) < 4.78 is 38.3. The van der Waals surface area contributed by atoms with E-state index >= 15 is 0 Å². The summed E-state index contributed by atoms with van der Waals surface area (Å²) in [5.41, 5.74) is 0. The van der Waals surface area contributed by atoms with Gasteiger partial charge in [-0.05, 0) is 30.7 Å². The second kappa shape index (κ2) is 18.5. The maximum absolute atomic E-state index is 10.9. The normalized spacial score (nSPS) is 11.7. The second-order valence-corrected chi connectivity index (χ2v) is 10.2. The maximum Gasteiger partial charge on any atom is 0.124 e. The van der Waals surface area contributed by atoms with Crippen LogP contribution in [0.1, 0.15) is 122 Å². The molecule has 0 aliphatic rings. The summed E-state index contributed by atoms with van der Waals surface area (Å²) in [7, 11) is -4.38. The summed E-state index contributed by atoms with van der Waals surface area (Å²) >= 11 is 0. The first kappa shape index (κ1) is 28.0. The van der Waals surface area contributed by atoms with Crippen LogP contribution >= 0.6 is 0 Å².